The third-order valence-electron chi connectivity index (χ3n) is 10.9. The summed E-state index contributed by atoms with van der Waals surface area (Å²) in [5.41, 5.74) is 12.1. The van der Waals surface area contributed by atoms with Crippen molar-refractivity contribution in [3.8, 4) is 0 Å². The first-order valence-corrected chi connectivity index (χ1v) is 21.7. The van der Waals surface area contributed by atoms with Gasteiger partial charge in [-0.25, -0.2) is 9.59 Å². The molecule has 0 radical (unpaired) electrons. The Hall–Kier alpha value is -7.10. The highest BCUT2D eigenvalue weighted by Gasteiger charge is 2.33. The standard InChI is InChI=1S/C45H66N10O12/c1-24(21-25(2)35(67-8)22-30-13-10-9-11-14-30)16-17-31-26(3)38(58)53-33(43(63)64)18-19-37(57)55(7)29(6)41(61)50-28(5)40(60)52-32(15-12-20-48-45(46)47)42(62)54-34(44(65)66)23-36(56)49-27(4)39(59)51-31/h9-11,13-14,16-17,21,25-28,31-35H,6,12,15,18-20,22-23H2,1-5,7-8H3,(H,49,56)(H,50,61)(H,51,59)(H,52,60)(H,53,58)(H,54,62)(H,63,64)(H,65,66)(H4,46,47,48)/b17-16+,24-21+/t25-,26+,27+,28+,31+,32+,33+,34+,35-/m1/s1. The summed E-state index contributed by atoms with van der Waals surface area (Å²) in [6, 6.07) is 1.06. The quantitative estimate of drug-likeness (QED) is 0.0386. The number of nitrogens with zero attached hydrogens (tertiary/aromatic N) is 2. The number of aliphatic carboxylic acids is 2. The van der Waals surface area contributed by atoms with E-state index in [1.807, 2.05) is 43.3 Å². The maximum atomic E-state index is 13.7. The van der Waals surface area contributed by atoms with Crippen molar-refractivity contribution in [3.63, 3.8) is 0 Å². The lowest BCUT2D eigenvalue weighted by molar-refractivity contribution is -0.144. The normalized spacial score (nSPS) is 24.9. The molecule has 22 heteroatoms. The molecule has 1 aliphatic rings. The van der Waals surface area contributed by atoms with E-state index in [9.17, 15) is 53.4 Å². The smallest absolute Gasteiger partial charge is 0.326 e. The summed E-state index contributed by atoms with van der Waals surface area (Å²) >= 11 is 0. The number of aliphatic imine (C=N–C) groups is 1. The minimum Gasteiger partial charge on any atom is -0.480 e. The van der Waals surface area contributed by atoms with Crippen LogP contribution >= 0.6 is 0 Å². The monoisotopic (exact) mass is 938 g/mol. The number of carboxylic acid groups (broad SMARTS) is 2. The Morgan fingerprint density at radius 1 is 0.881 bits per heavy atom. The van der Waals surface area contributed by atoms with Crippen molar-refractivity contribution < 1.29 is 58.1 Å². The zero-order chi connectivity index (χ0) is 50.5. The minimum absolute atomic E-state index is 0.0194. The largest absolute Gasteiger partial charge is 0.480 e. The fraction of sp³-hybridized carbons (Fsp3) is 0.511. The van der Waals surface area contributed by atoms with Gasteiger partial charge in [-0.15, -0.1) is 0 Å². The van der Waals surface area contributed by atoms with E-state index in [1.54, 1.807) is 20.1 Å². The van der Waals surface area contributed by atoms with Crippen LogP contribution in [0.15, 0.2) is 71.4 Å². The molecule has 9 atom stereocenters. The Morgan fingerprint density at radius 3 is 2.07 bits per heavy atom. The molecule has 368 valence electrons. The van der Waals surface area contributed by atoms with Crippen LogP contribution in [-0.2, 0) is 54.3 Å². The zero-order valence-corrected chi connectivity index (χ0v) is 39.0. The number of allylic oxidation sites excluding steroid dienone is 2. The number of hydrogen-bond donors (Lipinski definition) is 10. The molecule has 1 heterocycles. The summed E-state index contributed by atoms with van der Waals surface area (Å²) < 4.78 is 5.77. The van der Waals surface area contributed by atoms with Crippen LogP contribution in [0.2, 0.25) is 0 Å². The number of amides is 7. The van der Waals surface area contributed by atoms with Gasteiger partial charge in [-0.05, 0) is 52.0 Å². The molecule has 22 nitrogen and oxygen atoms in total. The van der Waals surface area contributed by atoms with E-state index in [0.29, 0.717) is 6.42 Å². The Labute approximate surface area is 389 Å². The Balaban J connectivity index is 2.54. The van der Waals surface area contributed by atoms with Gasteiger partial charge in [-0.2, -0.15) is 0 Å². The number of benzene rings is 1. The predicted molar refractivity (Wildman–Crippen MR) is 246 cm³/mol. The Kier molecular flexibility index (Phi) is 22.9. The van der Waals surface area contributed by atoms with E-state index < -0.39 is 120 Å². The van der Waals surface area contributed by atoms with Gasteiger partial charge in [0, 0.05) is 33.0 Å². The number of hydrogen-bond acceptors (Lipinski definition) is 11. The summed E-state index contributed by atoms with van der Waals surface area (Å²) in [5.74, 6) is -10.9. The van der Waals surface area contributed by atoms with Crippen molar-refractivity contribution in [3.05, 3.63) is 72.0 Å². The van der Waals surface area contributed by atoms with Crippen molar-refractivity contribution in [2.45, 2.75) is 115 Å². The fourth-order valence-electron chi connectivity index (χ4n) is 6.69. The number of carbonyl (C=O) groups is 9. The van der Waals surface area contributed by atoms with Crippen LogP contribution in [0.4, 0.5) is 0 Å². The van der Waals surface area contributed by atoms with Crippen molar-refractivity contribution >= 4 is 59.2 Å². The lowest BCUT2D eigenvalue weighted by atomic mass is 9.94. The number of ether oxygens (including phenoxy) is 1. The molecule has 0 bridgehead atoms. The summed E-state index contributed by atoms with van der Waals surface area (Å²) in [7, 11) is 2.81. The van der Waals surface area contributed by atoms with Gasteiger partial charge in [-0.1, -0.05) is 74.6 Å². The van der Waals surface area contributed by atoms with Crippen LogP contribution in [0.25, 0.3) is 0 Å². The predicted octanol–water partition coefficient (Wildman–Crippen LogP) is -0.654. The van der Waals surface area contributed by atoms with Gasteiger partial charge < -0.3 is 63.2 Å². The second-order valence-corrected chi connectivity index (χ2v) is 16.4. The topological polar surface area (TPSA) is 343 Å². The van der Waals surface area contributed by atoms with Crippen molar-refractivity contribution in [2.75, 3.05) is 20.7 Å². The highest BCUT2D eigenvalue weighted by Crippen LogP contribution is 2.18. The maximum Gasteiger partial charge on any atom is 0.326 e. The lowest BCUT2D eigenvalue weighted by Crippen LogP contribution is -2.56. The van der Waals surface area contributed by atoms with Gasteiger partial charge in [0.05, 0.1) is 24.5 Å². The van der Waals surface area contributed by atoms with Gasteiger partial charge in [0.2, 0.25) is 35.4 Å². The van der Waals surface area contributed by atoms with Crippen molar-refractivity contribution in [2.24, 2.45) is 28.3 Å². The number of likely N-dealkylation sites (N-methyl/N-ethyl adjacent to an activating group) is 1. The molecule has 0 unspecified atom stereocenters. The van der Waals surface area contributed by atoms with Gasteiger partial charge in [-0.3, -0.25) is 38.6 Å². The van der Waals surface area contributed by atoms with Crippen LogP contribution in [-0.4, -0.2) is 137 Å². The molecule has 0 saturated carbocycles. The van der Waals surface area contributed by atoms with Crippen LogP contribution < -0.4 is 43.4 Å². The summed E-state index contributed by atoms with van der Waals surface area (Å²) in [6.07, 6.45) is 3.77. The molecule has 7 amide bonds. The van der Waals surface area contributed by atoms with E-state index >= 15 is 0 Å². The van der Waals surface area contributed by atoms with E-state index in [4.69, 9.17) is 16.2 Å². The number of methoxy groups -OCH3 is 1. The molecule has 0 spiro atoms. The molecular weight excluding hydrogens is 873 g/mol. The van der Waals surface area contributed by atoms with E-state index in [2.05, 4.69) is 43.5 Å². The van der Waals surface area contributed by atoms with Gasteiger partial charge in [0.25, 0.3) is 5.91 Å². The summed E-state index contributed by atoms with van der Waals surface area (Å²) in [4.78, 5) is 123. The van der Waals surface area contributed by atoms with Crippen molar-refractivity contribution in [1.29, 1.82) is 0 Å². The van der Waals surface area contributed by atoms with Crippen molar-refractivity contribution in [1.82, 2.24) is 36.8 Å². The third-order valence-corrected chi connectivity index (χ3v) is 10.9. The second-order valence-electron chi connectivity index (χ2n) is 16.4. The summed E-state index contributed by atoms with van der Waals surface area (Å²) in [6.45, 7) is 11.4. The number of nitrogens with two attached hydrogens (primary N) is 2. The zero-order valence-electron chi connectivity index (χ0n) is 39.0. The van der Waals surface area contributed by atoms with Gasteiger partial charge in [0.1, 0.15) is 35.9 Å². The molecule has 0 aromatic heterocycles. The molecule has 1 saturated heterocycles. The van der Waals surface area contributed by atoms with Crippen LogP contribution in [0.1, 0.15) is 72.3 Å². The third kappa shape index (κ3) is 19.1. The molecule has 2 rings (SSSR count). The minimum atomic E-state index is -1.85. The number of carbonyl (C=O) groups excluding carboxylic acids is 7. The summed E-state index contributed by atoms with van der Waals surface area (Å²) in [5, 5.41) is 34.5. The second kappa shape index (κ2) is 27.4. The molecule has 1 aromatic rings. The molecule has 67 heavy (non-hydrogen) atoms. The number of nitrogens with one attached hydrogen (secondary N) is 6. The maximum absolute atomic E-state index is 13.7. The fourth-order valence-corrected chi connectivity index (χ4v) is 6.69. The first-order chi connectivity index (χ1) is 31.4. The molecule has 12 N–H and O–H groups in total. The molecule has 1 aliphatic heterocycles. The van der Waals surface area contributed by atoms with E-state index in [0.717, 1.165) is 16.0 Å². The molecule has 1 aromatic carbocycles. The first-order valence-electron chi connectivity index (χ1n) is 21.7. The average molecular weight is 939 g/mol. The van der Waals surface area contributed by atoms with Gasteiger partial charge in [0.15, 0.2) is 5.96 Å². The lowest BCUT2D eigenvalue weighted by Gasteiger charge is -2.26. The molecular formula is C45H66N10O12. The van der Waals surface area contributed by atoms with E-state index in [1.165, 1.54) is 33.9 Å². The molecule has 0 aliphatic carbocycles. The Morgan fingerprint density at radius 2 is 1.48 bits per heavy atom. The highest BCUT2D eigenvalue weighted by atomic mass is 16.5. The van der Waals surface area contributed by atoms with Crippen LogP contribution in [0.3, 0.4) is 0 Å². The van der Waals surface area contributed by atoms with Crippen LogP contribution in [0, 0.1) is 11.8 Å². The number of carboxylic acids is 2. The van der Waals surface area contributed by atoms with Gasteiger partial charge >= 0.3 is 11.9 Å². The molecule has 1 fully saturated rings. The van der Waals surface area contributed by atoms with Crippen LogP contribution in [0.5, 0.6) is 0 Å². The highest BCUT2D eigenvalue weighted by molar-refractivity contribution is 6.00. The van der Waals surface area contributed by atoms with E-state index in [-0.39, 0.29) is 37.4 Å². The first kappa shape index (κ1) is 56.0. The SMILES string of the molecule is C=C1C(=O)N[C@@H](C)C(=O)N[C@@H](CCCN=C(N)N)C(=O)N[C@H](C(=O)O)CC(=O)N[C@@H](C)C(=O)N[C@@H](/C=C/C(C)=C/[C@@H](C)[C@@H](Cc2ccccc2)OC)[C@H](C)C(=O)N[C@H](C(=O)O)CCC(=O)N1C. The Bertz CT molecular complexity index is 2060. The number of rotatable bonds is 13. The average Bonchev–Trinajstić information content (AvgIpc) is 3.27. The number of guanidine groups is 1.